The highest BCUT2D eigenvalue weighted by Gasteiger charge is 2.22. The van der Waals surface area contributed by atoms with Crippen molar-refractivity contribution in [1.29, 1.82) is 0 Å². The molecular weight excluding hydrogens is 552 g/mol. The van der Waals surface area contributed by atoms with E-state index in [4.69, 9.17) is 4.98 Å². The van der Waals surface area contributed by atoms with Crippen molar-refractivity contribution in [2.45, 2.75) is 55.9 Å². The quantitative estimate of drug-likeness (QED) is 0.215. The van der Waals surface area contributed by atoms with Gasteiger partial charge in [-0.1, -0.05) is 54.6 Å². The first-order valence-electron chi connectivity index (χ1n) is 14.6. The maximum atomic E-state index is 12.9. The molecule has 224 valence electrons. The van der Waals surface area contributed by atoms with Gasteiger partial charge in [-0.15, -0.1) is 0 Å². The number of nitrogens with one attached hydrogen (secondary N) is 2. The fourth-order valence-electron chi connectivity index (χ4n) is 5.08. The SMILES string of the molecule is O=C(Cc1ccccc1)N[C@@H](CCN(CCCCc1ccc2c(n1)NCCC2)CCS(=O)(=O)c1ccccc1)C(=O)O. The molecule has 4 rings (SSSR count). The Hall–Kier alpha value is -3.76. The number of benzene rings is 2. The van der Waals surface area contributed by atoms with Crippen LogP contribution in [0.5, 0.6) is 0 Å². The normalized spacial score (nSPS) is 13.6. The molecule has 1 atom stereocenters. The number of aryl methyl sites for hydroxylation is 2. The third kappa shape index (κ3) is 9.66. The highest BCUT2D eigenvalue weighted by Crippen LogP contribution is 2.20. The molecule has 0 unspecified atom stereocenters. The number of fused-ring (bicyclic) bond motifs is 1. The monoisotopic (exact) mass is 592 g/mol. The molecule has 0 bridgehead atoms. The Morgan fingerprint density at radius 2 is 1.69 bits per heavy atom. The first kappa shape index (κ1) is 31.2. The molecule has 1 aliphatic heterocycles. The van der Waals surface area contributed by atoms with Gasteiger partial charge in [-0.05, 0) is 74.4 Å². The van der Waals surface area contributed by atoms with E-state index in [2.05, 4.69) is 22.8 Å². The van der Waals surface area contributed by atoms with Crippen LogP contribution in [-0.2, 0) is 38.7 Å². The molecule has 1 aliphatic rings. The highest BCUT2D eigenvalue weighted by atomic mass is 32.2. The third-order valence-corrected chi connectivity index (χ3v) is 9.17. The van der Waals surface area contributed by atoms with E-state index in [0.29, 0.717) is 13.1 Å². The zero-order valence-corrected chi connectivity index (χ0v) is 24.7. The van der Waals surface area contributed by atoms with Gasteiger partial charge >= 0.3 is 5.97 Å². The van der Waals surface area contributed by atoms with E-state index in [1.165, 1.54) is 5.56 Å². The number of aliphatic carboxylic acids is 1. The summed E-state index contributed by atoms with van der Waals surface area (Å²) in [6.07, 6.45) is 4.89. The molecule has 2 heterocycles. The molecule has 1 aromatic heterocycles. The molecular formula is C32H40N4O5S. The van der Waals surface area contributed by atoms with Crippen LogP contribution >= 0.6 is 0 Å². The van der Waals surface area contributed by atoms with Crippen molar-refractivity contribution in [3.8, 4) is 0 Å². The molecule has 2 aromatic carbocycles. The number of rotatable bonds is 16. The first-order chi connectivity index (χ1) is 20.3. The number of aromatic nitrogens is 1. The summed E-state index contributed by atoms with van der Waals surface area (Å²) in [5.74, 6) is -0.576. The van der Waals surface area contributed by atoms with Crippen LogP contribution in [0.1, 0.15) is 42.5 Å². The number of pyridine rings is 1. The second kappa shape index (κ2) is 15.5. The number of hydrogen-bond acceptors (Lipinski definition) is 7. The Bertz CT molecular complexity index is 1420. The van der Waals surface area contributed by atoms with Gasteiger partial charge in [-0.3, -0.25) is 4.79 Å². The fourth-order valence-corrected chi connectivity index (χ4v) is 6.38. The van der Waals surface area contributed by atoms with Crippen LogP contribution in [0, 0.1) is 0 Å². The lowest BCUT2D eigenvalue weighted by Gasteiger charge is -2.24. The lowest BCUT2D eigenvalue weighted by atomic mass is 10.1. The average molecular weight is 593 g/mol. The number of sulfone groups is 1. The molecule has 0 saturated carbocycles. The largest absolute Gasteiger partial charge is 0.480 e. The van der Waals surface area contributed by atoms with Crippen LogP contribution in [0.15, 0.2) is 77.7 Å². The van der Waals surface area contributed by atoms with Crippen molar-refractivity contribution in [3.05, 3.63) is 89.6 Å². The summed E-state index contributed by atoms with van der Waals surface area (Å²) >= 11 is 0. The standard InChI is InChI=1S/C32H40N4O5S/c37-30(24-25-10-3-1-4-11-25)35-29(32(38)39)18-21-36(22-23-42(40,41)28-14-5-2-6-15-28)20-8-7-13-27-17-16-26-12-9-19-33-31(26)34-27/h1-6,10-11,14-17,29H,7-9,12-13,18-24H2,(H,33,34)(H,35,37)(H,38,39)/t29-/m0/s1. The summed E-state index contributed by atoms with van der Waals surface area (Å²) in [6.45, 7) is 2.16. The van der Waals surface area contributed by atoms with Gasteiger partial charge in [0.15, 0.2) is 9.84 Å². The minimum absolute atomic E-state index is 0.0762. The van der Waals surface area contributed by atoms with Gasteiger partial charge in [0, 0.05) is 25.3 Å². The molecule has 0 fully saturated rings. The topological polar surface area (TPSA) is 129 Å². The van der Waals surface area contributed by atoms with Crippen molar-refractivity contribution < 1.29 is 23.1 Å². The summed E-state index contributed by atoms with van der Waals surface area (Å²) in [6, 6.07) is 20.7. The number of unbranched alkanes of at least 4 members (excludes halogenated alkanes) is 1. The molecule has 0 radical (unpaired) electrons. The van der Waals surface area contributed by atoms with Crippen LogP contribution in [0.2, 0.25) is 0 Å². The van der Waals surface area contributed by atoms with Gasteiger partial charge in [-0.2, -0.15) is 0 Å². The smallest absolute Gasteiger partial charge is 0.326 e. The molecule has 42 heavy (non-hydrogen) atoms. The van der Waals surface area contributed by atoms with Gasteiger partial charge in [0.1, 0.15) is 11.9 Å². The van der Waals surface area contributed by atoms with Crippen molar-refractivity contribution in [3.63, 3.8) is 0 Å². The summed E-state index contributed by atoms with van der Waals surface area (Å²) < 4.78 is 25.9. The Morgan fingerprint density at radius 3 is 2.43 bits per heavy atom. The molecule has 9 nitrogen and oxygen atoms in total. The van der Waals surface area contributed by atoms with E-state index in [0.717, 1.165) is 55.7 Å². The Kier molecular flexibility index (Phi) is 11.5. The van der Waals surface area contributed by atoms with Crippen LogP contribution in [-0.4, -0.2) is 73.3 Å². The Morgan fingerprint density at radius 1 is 0.952 bits per heavy atom. The van der Waals surface area contributed by atoms with E-state index in [-0.39, 0.29) is 35.9 Å². The lowest BCUT2D eigenvalue weighted by Crippen LogP contribution is -2.44. The maximum Gasteiger partial charge on any atom is 0.326 e. The highest BCUT2D eigenvalue weighted by molar-refractivity contribution is 7.91. The van der Waals surface area contributed by atoms with Crippen LogP contribution in [0.25, 0.3) is 0 Å². The Balaban J connectivity index is 1.34. The van der Waals surface area contributed by atoms with Gasteiger partial charge < -0.3 is 20.6 Å². The zero-order valence-electron chi connectivity index (χ0n) is 23.9. The zero-order chi connectivity index (χ0) is 29.8. The molecule has 3 aromatic rings. The summed E-state index contributed by atoms with van der Waals surface area (Å²) in [4.78, 5) is 31.5. The lowest BCUT2D eigenvalue weighted by molar-refractivity contribution is -0.142. The van der Waals surface area contributed by atoms with Gasteiger partial charge in [0.2, 0.25) is 5.91 Å². The third-order valence-electron chi connectivity index (χ3n) is 7.46. The number of nitrogens with zero attached hydrogens (tertiary/aromatic N) is 2. The molecule has 0 aliphatic carbocycles. The maximum absolute atomic E-state index is 12.9. The van der Waals surface area contributed by atoms with Crippen LogP contribution < -0.4 is 10.6 Å². The fraction of sp³-hybridized carbons (Fsp3) is 0.406. The van der Waals surface area contributed by atoms with Crippen LogP contribution in [0.4, 0.5) is 5.82 Å². The molecule has 0 saturated heterocycles. The molecule has 1 amide bonds. The van der Waals surface area contributed by atoms with Gasteiger partial charge in [0.05, 0.1) is 17.1 Å². The Labute approximate surface area is 248 Å². The number of carbonyl (C=O) groups excluding carboxylic acids is 1. The minimum Gasteiger partial charge on any atom is -0.480 e. The number of carbonyl (C=O) groups is 2. The van der Waals surface area contributed by atoms with E-state index < -0.39 is 21.8 Å². The summed E-state index contributed by atoms with van der Waals surface area (Å²) in [5, 5.41) is 15.8. The van der Waals surface area contributed by atoms with Crippen molar-refractivity contribution in [2.24, 2.45) is 0 Å². The van der Waals surface area contributed by atoms with E-state index >= 15 is 0 Å². The molecule has 0 spiro atoms. The van der Waals surface area contributed by atoms with E-state index in [1.54, 1.807) is 30.3 Å². The van der Waals surface area contributed by atoms with Crippen molar-refractivity contribution >= 4 is 27.5 Å². The number of carboxylic acid groups (broad SMARTS) is 1. The van der Waals surface area contributed by atoms with Crippen molar-refractivity contribution in [2.75, 3.05) is 37.2 Å². The second-order valence-electron chi connectivity index (χ2n) is 10.7. The number of anilines is 1. The summed E-state index contributed by atoms with van der Waals surface area (Å²) in [5.41, 5.74) is 3.07. The number of hydrogen-bond donors (Lipinski definition) is 3. The molecule has 3 N–H and O–H groups in total. The second-order valence-corrected chi connectivity index (χ2v) is 12.8. The van der Waals surface area contributed by atoms with Gasteiger partial charge in [-0.25, -0.2) is 18.2 Å². The first-order valence-corrected chi connectivity index (χ1v) is 16.2. The van der Waals surface area contributed by atoms with E-state index in [9.17, 15) is 23.1 Å². The minimum atomic E-state index is -3.49. The van der Waals surface area contributed by atoms with E-state index in [1.807, 2.05) is 35.2 Å². The molecule has 10 heteroatoms. The van der Waals surface area contributed by atoms with Crippen molar-refractivity contribution in [1.82, 2.24) is 15.2 Å². The predicted molar refractivity (Wildman–Crippen MR) is 163 cm³/mol. The predicted octanol–water partition coefficient (Wildman–Crippen LogP) is 3.74. The van der Waals surface area contributed by atoms with Crippen LogP contribution in [0.3, 0.4) is 0 Å². The summed E-state index contributed by atoms with van der Waals surface area (Å²) in [7, 11) is -3.49. The average Bonchev–Trinajstić information content (AvgIpc) is 3.00. The number of amides is 1. The number of carboxylic acids is 1. The van der Waals surface area contributed by atoms with Gasteiger partial charge in [0.25, 0.3) is 0 Å².